The van der Waals surface area contributed by atoms with Crippen molar-refractivity contribution in [2.45, 2.75) is 70.8 Å². The van der Waals surface area contributed by atoms with Gasteiger partial charge in [0.15, 0.2) is 0 Å². The second kappa shape index (κ2) is 5.11. The average molecular weight is 292 g/mol. The van der Waals surface area contributed by atoms with Crippen LogP contribution < -0.4 is 5.46 Å². The highest BCUT2D eigenvalue weighted by molar-refractivity contribution is 6.61. The zero-order valence-corrected chi connectivity index (χ0v) is 13.4. The molecule has 3 rings (SSSR count). The lowest BCUT2D eigenvalue weighted by Gasteiger charge is -2.32. The Morgan fingerprint density at radius 3 is 2.38 bits per heavy atom. The Morgan fingerprint density at radius 1 is 1.24 bits per heavy atom. The zero-order chi connectivity index (χ0) is 15.3. The summed E-state index contributed by atoms with van der Waals surface area (Å²) >= 11 is 0. The van der Waals surface area contributed by atoms with E-state index in [2.05, 4.69) is 5.10 Å². The first-order chi connectivity index (χ1) is 9.80. The van der Waals surface area contributed by atoms with Crippen LogP contribution in [0.1, 0.15) is 59.6 Å². The first-order valence-electron chi connectivity index (χ1n) is 7.88. The van der Waals surface area contributed by atoms with Gasteiger partial charge in [-0.15, -0.1) is 0 Å². The van der Waals surface area contributed by atoms with E-state index in [1.807, 2.05) is 33.9 Å². The predicted molar refractivity (Wildman–Crippen MR) is 81.2 cm³/mol. The summed E-state index contributed by atoms with van der Waals surface area (Å²) in [4.78, 5) is 0. The topological polar surface area (TPSA) is 56.5 Å². The monoisotopic (exact) mass is 292 g/mol. The molecule has 2 aliphatic rings. The van der Waals surface area contributed by atoms with Gasteiger partial charge in [0.25, 0.3) is 0 Å². The second-order valence-corrected chi connectivity index (χ2v) is 7.30. The Labute approximate surface area is 126 Å². The van der Waals surface area contributed by atoms with Crippen LogP contribution in [0.2, 0.25) is 0 Å². The van der Waals surface area contributed by atoms with E-state index in [0.717, 1.165) is 18.3 Å². The van der Waals surface area contributed by atoms with Crippen LogP contribution in [0, 0.1) is 5.92 Å². The lowest BCUT2D eigenvalue weighted by molar-refractivity contribution is 0.00578. The minimum absolute atomic E-state index is 0.316. The molecule has 0 amide bonds. The van der Waals surface area contributed by atoms with Gasteiger partial charge in [0.05, 0.1) is 11.2 Å². The molecule has 2 fully saturated rings. The Hall–Kier alpha value is -0.845. The third-order valence-electron chi connectivity index (χ3n) is 5.24. The summed E-state index contributed by atoms with van der Waals surface area (Å²) in [6.07, 6.45) is 7.61. The summed E-state index contributed by atoms with van der Waals surface area (Å²) in [7, 11) is -0.417. The van der Waals surface area contributed by atoms with Crippen molar-refractivity contribution in [1.82, 2.24) is 9.78 Å². The molecule has 0 radical (unpaired) electrons. The Morgan fingerprint density at radius 2 is 1.81 bits per heavy atom. The summed E-state index contributed by atoms with van der Waals surface area (Å²) in [5, 5.41) is 14.7. The molecule has 0 spiro atoms. The molecule has 1 aromatic rings. The quantitative estimate of drug-likeness (QED) is 0.864. The third-order valence-corrected chi connectivity index (χ3v) is 5.24. The number of aliphatic hydroxyl groups excluding tert-OH is 1. The number of aliphatic hydroxyl groups is 1. The minimum Gasteiger partial charge on any atom is -0.399 e. The molecule has 1 aliphatic heterocycles. The molecule has 1 aromatic heterocycles. The van der Waals surface area contributed by atoms with Crippen LogP contribution in [0.4, 0.5) is 0 Å². The minimum atomic E-state index is -0.538. The van der Waals surface area contributed by atoms with Crippen molar-refractivity contribution in [3.8, 4) is 0 Å². The van der Waals surface area contributed by atoms with Crippen LogP contribution in [0.15, 0.2) is 12.4 Å². The van der Waals surface area contributed by atoms with Gasteiger partial charge in [-0.05, 0) is 40.5 Å². The van der Waals surface area contributed by atoms with E-state index < -0.39 is 13.3 Å². The number of hydrogen-bond acceptors (Lipinski definition) is 4. The average Bonchev–Trinajstić information content (AvgIpc) is 3.10. The molecule has 1 saturated carbocycles. The lowest BCUT2D eigenvalue weighted by Crippen LogP contribution is -2.41. The largest absolute Gasteiger partial charge is 0.498 e. The first kappa shape index (κ1) is 15.1. The number of hydrogen-bond donors (Lipinski definition) is 1. The Kier molecular flexibility index (Phi) is 3.67. The van der Waals surface area contributed by atoms with E-state index in [0.29, 0.717) is 5.92 Å². The molecular weight excluding hydrogens is 267 g/mol. The van der Waals surface area contributed by atoms with Gasteiger partial charge in [-0.25, -0.2) is 4.68 Å². The second-order valence-electron chi connectivity index (χ2n) is 7.30. The van der Waals surface area contributed by atoms with E-state index in [4.69, 9.17) is 9.31 Å². The van der Waals surface area contributed by atoms with Crippen LogP contribution >= 0.6 is 0 Å². The van der Waals surface area contributed by atoms with Crippen LogP contribution in [-0.4, -0.2) is 33.2 Å². The fourth-order valence-electron chi connectivity index (χ4n) is 3.07. The fourth-order valence-corrected chi connectivity index (χ4v) is 3.07. The first-order valence-corrected chi connectivity index (χ1v) is 7.88. The van der Waals surface area contributed by atoms with Gasteiger partial charge in [0.2, 0.25) is 0 Å². The number of nitrogens with zero attached hydrogens (tertiary/aromatic N) is 2. The summed E-state index contributed by atoms with van der Waals surface area (Å²) in [5.41, 5.74) is 0.152. The molecule has 1 atom stereocenters. The molecule has 0 aromatic carbocycles. The van der Waals surface area contributed by atoms with Gasteiger partial charge in [-0.2, -0.15) is 5.10 Å². The number of aromatic nitrogens is 2. The Balaban J connectivity index is 1.74. The Bertz CT molecular complexity index is 493. The fraction of sp³-hybridized carbons (Fsp3) is 0.800. The van der Waals surface area contributed by atoms with Crippen LogP contribution in [0.3, 0.4) is 0 Å². The van der Waals surface area contributed by atoms with E-state index in [-0.39, 0.29) is 11.2 Å². The van der Waals surface area contributed by atoms with Crippen molar-refractivity contribution >= 4 is 12.6 Å². The van der Waals surface area contributed by atoms with Gasteiger partial charge >= 0.3 is 7.12 Å². The SMILES string of the molecule is CC1(C)OB(c2cnn(C(O)C3CCCC3)c2)OC1(C)C. The number of rotatable bonds is 3. The van der Waals surface area contributed by atoms with Crippen molar-refractivity contribution in [3.05, 3.63) is 12.4 Å². The maximum Gasteiger partial charge on any atom is 0.498 e. The van der Waals surface area contributed by atoms with Gasteiger partial charge in [-0.1, -0.05) is 12.8 Å². The third kappa shape index (κ3) is 2.65. The molecule has 5 nitrogen and oxygen atoms in total. The van der Waals surface area contributed by atoms with Crippen molar-refractivity contribution in [2.24, 2.45) is 5.92 Å². The van der Waals surface area contributed by atoms with Gasteiger partial charge in [0.1, 0.15) is 6.23 Å². The standard InChI is InChI=1S/C15H25BN2O3/c1-14(2)15(3,4)21-16(20-14)12-9-17-18(10-12)13(19)11-7-5-6-8-11/h9-11,13,19H,5-8H2,1-4H3. The molecule has 116 valence electrons. The van der Waals surface area contributed by atoms with E-state index in [1.165, 1.54) is 12.8 Å². The van der Waals surface area contributed by atoms with Gasteiger partial charge in [-0.3, -0.25) is 0 Å². The molecule has 1 saturated heterocycles. The highest BCUT2D eigenvalue weighted by Gasteiger charge is 2.52. The highest BCUT2D eigenvalue weighted by atomic mass is 16.7. The maximum absolute atomic E-state index is 10.4. The van der Waals surface area contributed by atoms with Crippen molar-refractivity contribution in [1.29, 1.82) is 0 Å². The highest BCUT2D eigenvalue weighted by Crippen LogP contribution is 2.36. The van der Waals surface area contributed by atoms with Crippen molar-refractivity contribution < 1.29 is 14.4 Å². The molecule has 21 heavy (non-hydrogen) atoms. The maximum atomic E-state index is 10.4. The molecule has 6 heteroatoms. The summed E-state index contributed by atoms with van der Waals surface area (Å²) in [6.45, 7) is 8.13. The molecular formula is C15H25BN2O3. The molecule has 0 bridgehead atoms. The van der Waals surface area contributed by atoms with Crippen LogP contribution in [0.5, 0.6) is 0 Å². The molecule has 1 N–H and O–H groups in total. The van der Waals surface area contributed by atoms with Gasteiger partial charge in [0, 0.05) is 23.8 Å². The molecule has 1 aliphatic carbocycles. The van der Waals surface area contributed by atoms with E-state index in [9.17, 15) is 5.11 Å². The van der Waals surface area contributed by atoms with E-state index in [1.54, 1.807) is 10.9 Å². The summed E-state index contributed by atoms with van der Waals surface area (Å²) < 4.78 is 13.7. The molecule has 2 heterocycles. The smallest absolute Gasteiger partial charge is 0.399 e. The van der Waals surface area contributed by atoms with Crippen LogP contribution in [0.25, 0.3) is 0 Å². The summed E-state index contributed by atoms with van der Waals surface area (Å²) in [5.74, 6) is 0.316. The van der Waals surface area contributed by atoms with Crippen molar-refractivity contribution in [3.63, 3.8) is 0 Å². The normalized spacial score (nSPS) is 26.4. The summed E-state index contributed by atoms with van der Waals surface area (Å²) in [6, 6.07) is 0. The van der Waals surface area contributed by atoms with Gasteiger partial charge < -0.3 is 14.4 Å². The van der Waals surface area contributed by atoms with E-state index >= 15 is 0 Å². The van der Waals surface area contributed by atoms with Crippen LogP contribution in [-0.2, 0) is 9.31 Å². The predicted octanol–water partition coefficient (Wildman–Crippen LogP) is 1.86. The molecule has 1 unspecified atom stereocenters. The lowest BCUT2D eigenvalue weighted by atomic mass is 9.82. The van der Waals surface area contributed by atoms with Crippen molar-refractivity contribution in [2.75, 3.05) is 0 Å². The zero-order valence-electron chi connectivity index (χ0n) is 13.4.